The Morgan fingerprint density at radius 3 is 2.19 bits per heavy atom. The third kappa shape index (κ3) is 7.21. The molecule has 0 saturated heterocycles. The standard InChI is InChI=1S/C37H30N2.C25H20/c1-25-8-7-9-27-14-18-31-32(23-27)28(15-12-25)16-20-37(31)39(29-10-5-4-6-11-29)30-17-21-36-34(24-30)33-22-26(2)13-19-35(33)38(36)3;1-2-6-18(7-3-1)8-4-9-19-12-13-22-15-14-20-10-5-11-21-16-17-23(19)25(22)24(20)21/h4-24H,1-3H3;1-8,11-14,16-17H,9-10,15H2/b;8-4+. The van der Waals surface area contributed by atoms with Crippen LogP contribution in [0.25, 0.3) is 71.8 Å². The van der Waals surface area contributed by atoms with Gasteiger partial charge in [0.15, 0.2) is 0 Å². The van der Waals surface area contributed by atoms with E-state index in [0.29, 0.717) is 0 Å². The first kappa shape index (κ1) is 39.2. The predicted molar refractivity (Wildman–Crippen MR) is 277 cm³/mol. The van der Waals surface area contributed by atoms with Crippen molar-refractivity contribution in [1.82, 2.24) is 4.57 Å². The molecule has 10 aromatic rings. The quantitative estimate of drug-likeness (QED) is 0.162. The van der Waals surface area contributed by atoms with Gasteiger partial charge >= 0.3 is 0 Å². The van der Waals surface area contributed by atoms with E-state index in [4.69, 9.17) is 0 Å². The van der Waals surface area contributed by atoms with Crippen molar-refractivity contribution in [2.24, 2.45) is 7.05 Å². The van der Waals surface area contributed by atoms with Crippen molar-refractivity contribution < 1.29 is 0 Å². The average Bonchev–Trinajstić information content (AvgIpc) is 3.61. The number of aryl methyl sites for hydroxylation is 3. The van der Waals surface area contributed by atoms with Crippen LogP contribution in [0, 0.1) is 13.8 Å². The molecule has 308 valence electrons. The first-order valence-electron chi connectivity index (χ1n) is 22.6. The molecule has 0 fully saturated rings. The first-order valence-corrected chi connectivity index (χ1v) is 22.6. The van der Waals surface area contributed by atoms with Gasteiger partial charge in [0.1, 0.15) is 0 Å². The third-order valence-electron chi connectivity index (χ3n) is 13.2. The van der Waals surface area contributed by atoms with Crippen LogP contribution in [0.1, 0.15) is 45.4 Å². The summed E-state index contributed by atoms with van der Waals surface area (Å²) in [6, 6.07) is 66.3. The second-order valence-electron chi connectivity index (χ2n) is 17.4. The normalized spacial score (nSPS) is 12.8. The van der Waals surface area contributed by atoms with Gasteiger partial charge in [0, 0.05) is 45.6 Å². The minimum Gasteiger partial charge on any atom is -0.344 e. The Morgan fingerprint density at radius 1 is 0.562 bits per heavy atom. The molecule has 0 N–H and O–H groups in total. The van der Waals surface area contributed by atoms with Crippen LogP contribution in [0.3, 0.4) is 0 Å². The number of aromatic nitrogens is 1. The van der Waals surface area contributed by atoms with E-state index in [2.05, 4.69) is 243 Å². The predicted octanol–water partition coefficient (Wildman–Crippen LogP) is 16.7. The zero-order valence-corrected chi connectivity index (χ0v) is 36.7. The molecule has 0 atom stereocenters. The molecule has 2 heteroatoms. The Morgan fingerprint density at radius 2 is 1.33 bits per heavy atom. The Labute approximate surface area is 376 Å². The van der Waals surface area contributed by atoms with Crippen LogP contribution >= 0.6 is 0 Å². The minimum absolute atomic E-state index is 0.972. The van der Waals surface area contributed by atoms with Gasteiger partial charge in [-0.25, -0.2) is 0 Å². The Balaban J connectivity index is 0.000000157. The zero-order chi connectivity index (χ0) is 43.1. The van der Waals surface area contributed by atoms with Gasteiger partial charge in [0.05, 0.1) is 5.69 Å². The van der Waals surface area contributed by atoms with Gasteiger partial charge < -0.3 is 9.47 Å². The highest BCUT2D eigenvalue weighted by Crippen LogP contribution is 2.43. The average molecular weight is 823 g/mol. The van der Waals surface area contributed by atoms with E-state index in [9.17, 15) is 0 Å². The fourth-order valence-electron chi connectivity index (χ4n) is 10.0. The smallest absolute Gasteiger partial charge is 0.0540 e. The molecular formula is C62H50N2. The van der Waals surface area contributed by atoms with E-state index in [1.807, 2.05) is 0 Å². The van der Waals surface area contributed by atoms with Crippen molar-refractivity contribution in [3.8, 4) is 0 Å². The molecule has 2 nitrogen and oxygen atoms in total. The lowest BCUT2D eigenvalue weighted by Crippen LogP contribution is -2.10. The van der Waals surface area contributed by atoms with Crippen molar-refractivity contribution in [3.05, 3.63) is 239 Å². The van der Waals surface area contributed by atoms with E-state index in [0.717, 1.165) is 30.6 Å². The molecule has 64 heavy (non-hydrogen) atoms. The molecule has 2 aliphatic carbocycles. The SMILES string of the molecule is C1=Cc2ccc3c(C/C=C/c4ccccc4)ccc4c3c2C(=CC4)C1.Cc1cccc2ccc3c(N(c4ccccc4)c4ccc5c(c4)c4cc(C)ccc4n5C)ccc(cc1)c3c2. The number of anilines is 3. The first-order chi connectivity index (χ1) is 31.5. The lowest BCUT2D eigenvalue weighted by molar-refractivity contribution is 1.01. The molecule has 0 spiro atoms. The minimum atomic E-state index is 0.972. The highest BCUT2D eigenvalue weighted by atomic mass is 15.1. The number of benzene rings is 8. The van der Waals surface area contributed by atoms with Crippen LogP contribution in [-0.2, 0) is 19.9 Å². The fourth-order valence-corrected chi connectivity index (χ4v) is 10.0. The summed E-state index contributed by atoms with van der Waals surface area (Å²) in [4.78, 5) is 2.40. The summed E-state index contributed by atoms with van der Waals surface area (Å²) < 4.78 is 2.30. The Hall–Kier alpha value is -7.68. The maximum Gasteiger partial charge on any atom is 0.0540 e. The molecule has 0 radical (unpaired) electrons. The van der Waals surface area contributed by atoms with E-state index in [1.165, 1.54) is 104 Å². The molecular weight excluding hydrogens is 773 g/mol. The number of hydrogen-bond acceptors (Lipinski definition) is 1. The summed E-state index contributed by atoms with van der Waals surface area (Å²) in [6.45, 7) is 4.31. The third-order valence-corrected chi connectivity index (χ3v) is 13.2. The van der Waals surface area contributed by atoms with Gasteiger partial charge in [-0.1, -0.05) is 169 Å². The van der Waals surface area contributed by atoms with Gasteiger partial charge in [-0.15, -0.1) is 0 Å². The number of hydrogen-bond donors (Lipinski definition) is 0. The van der Waals surface area contributed by atoms with Crippen molar-refractivity contribution in [3.63, 3.8) is 0 Å². The topological polar surface area (TPSA) is 8.17 Å². The summed E-state index contributed by atoms with van der Waals surface area (Å²) in [5.41, 5.74) is 17.0. The van der Waals surface area contributed by atoms with Gasteiger partial charge in [-0.3, -0.25) is 0 Å². The highest BCUT2D eigenvalue weighted by molar-refractivity contribution is 6.12. The number of rotatable bonds is 6. The zero-order valence-electron chi connectivity index (χ0n) is 36.7. The number of nitrogens with zero attached hydrogens (tertiary/aromatic N) is 2. The Kier molecular flexibility index (Phi) is 10.1. The summed E-state index contributed by atoms with van der Waals surface area (Å²) in [5, 5.41) is 10.4. The van der Waals surface area contributed by atoms with E-state index < -0.39 is 0 Å². The number of allylic oxidation sites excluding steroid dienone is 4. The van der Waals surface area contributed by atoms with Gasteiger partial charge in [0.2, 0.25) is 0 Å². The lowest BCUT2D eigenvalue weighted by Gasteiger charge is -2.27. The summed E-state index contributed by atoms with van der Waals surface area (Å²) in [7, 11) is 2.16. The molecule has 1 heterocycles. The molecule has 2 aliphatic rings. The van der Waals surface area contributed by atoms with Crippen molar-refractivity contribution in [2.75, 3.05) is 4.90 Å². The van der Waals surface area contributed by atoms with Crippen molar-refractivity contribution in [1.29, 1.82) is 0 Å². The van der Waals surface area contributed by atoms with Crippen LogP contribution in [0.15, 0.2) is 200 Å². The van der Waals surface area contributed by atoms with Crippen LogP contribution < -0.4 is 4.90 Å². The highest BCUT2D eigenvalue weighted by Gasteiger charge is 2.21. The van der Waals surface area contributed by atoms with Crippen LogP contribution in [-0.4, -0.2) is 4.57 Å². The molecule has 1 aromatic heterocycles. The van der Waals surface area contributed by atoms with Crippen molar-refractivity contribution >= 4 is 88.9 Å². The maximum absolute atomic E-state index is 2.42. The molecule has 0 amide bonds. The van der Waals surface area contributed by atoms with Crippen LogP contribution in [0.4, 0.5) is 17.1 Å². The molecule has 12 rings (SSSR count). The van der Waals surface area contributed by atoms with E-state index in [-0.39, 0.29) is 0 Å². The second kappa shape index (κ2) is 16.5. The van der Waals surface area contributed by atoms with Gasteiger partial charge in [-0.2, -0.15) is 0 Å². The largest absolute Gasteiger partial charge is 0.344 e. The van der Waals surface area contributed by atoms with Gasteiger partial charge in [0.25, 0.3) is 0 Å². The maximum atomic E-state index is 2.42. The lowest BCUT2D eigenvalue weighted by atomic mass is 9.80. The summed E-state index contributed by atoms with van der Waals surface area (Å²) in [6.07, 6.45) is 14.6. The molecule has 0 saturated carbocycles. The second-order valence-corrected chi connectivity index (χ2v) is 17.4. The van der Waals surface area contributed by atoms with E-state index in [1.54, 1.807) is 0 Å². The molecule has 0 aliphatic heterocycles. The van der Waals surface area contributed by atoms with Crippen LogP contribution in [0.5, 0.6) is 0 Å². The summed E-state index contributed by atoms with van der Waals surface area (Å²) in [5.74, 6) is 0. The van der Waals surface area contributed by atoms with Gasteiger partial charge in [-0.05, 0) is 148 Å². The molecule has 9 aromatic carbocycles. The number of para-hydroxylation sites is 1. The molecule has 0 unspecified atom stereocenters. The monoisotopic (exact) mass is 822 g/mol. The molecule has 2 bridgehead atoms. The fraction of sp³-hybridized carbons (Fsp3) is 0.0968. The van der Waals surface area contributed by atoms with Crippen LogP contribution in [0.2, 0.25) is 0 Å². The van der Waals surface area contributed by atoms with E-state index >= 15 is 0 Å². The van der Waals surface area contributed by atoms with Crippen molar-refractivity contribution in [2.45, 2.75) is 33.1 Å². The summed E-state index contributed by atoms with van der Waals surface area (Å²) >= 11 is 0. The number of fused-ring (bicyclic) bond motifs is 4. The Bertz CT molecular complexity index is 3550.